The Labute approximate surface area is 60.8 Å². The standard InChI is InChI=1S/C8H12O2/c1-6-5-7(2)10-8(9-6)3-4-8/h3-4,6-7H,5H2,1-2H3. The van der Waals surface area contributed by atoms with E-state index in [1.54, 1.807) is 0 Å². The summed E-state index contributed by atoms with van der Waals surface area (Å²) >= 11 is 0. The minimum absolute atomic E-state index is 0.332. The van der Waals surface area contributed by atoms with Crippen LogP contribution in [0.3, 0.4) is 0 Å². The molecular weight excluding hydrogens is 128 g/mol. The van der Waals surface area contributed by atoms with Gasteiger partial charge >= 0.3 is 0 Å². The molecule has 1 saturated heterocycles. The van der Waals surface area contributed by atoms with E-state index in [1.165, 1.54) is 0 Å². The molecule has 0 amide bonds. The molecule has 0 N–H and O–H groups in total. The normalized spacial score (nSPS) is 42.2. The summed E-state index contributed by atoms with van der Waals surface area (Å²) < 4.78 is 11.0. The van der Waals surface area contributed by atoms with E-state index < -0.39 is 0 Å². The van der Waals surface area contributed by atoms with Crippen LogP contribution < -0.4 is 0 Å². The van der Waals surface area contributed by atoms with E-state index >= 15 is 0 Å². The van der Waals surface area contributed by atoms with Crippen molar-refractivity contribution in [2.45, 2.75) is 38.3 Å². The van der Waals surface area contributed by atoms with Crippen molar-refractivity contribution in [2.24, 2.45) is 0 Å². The van der Waals surface area contributed by atoms with Gasteiger partial charge in [0.15, 0.2) is 0 Å². The third-order valence-electron chi connectivity index (χ3n) is 1.87. The molecule has 2 atom stereocenters. The van der Waals surface area contributed by atoms with Gasteiger partial charge in [-0.15, -0.1) is 0 Å². The molecule has 2 unspecified atom stereocenters. The summed E-state index contributed by atoms with van der Waals surface area (Å²) in [5.41, 5.74) is 0. The summed E-state index contributed by atoms with van der Waals surface area (Å²) in [6, 6.07) is 0. The van der Waals surface area contributed by atoms with Crippen molar-refractivity contribution in [3.63, 3.8) is 0 Å². The Morgan fingerprint density at radius 2 is 1.70 bits per heavy atom. The van der Waals surface area contributed by atoms with Crippen molar-refractivity contribution >= 4 is 0 Å². The molecule has 2 nitrogen and oxygen atoms in total. The van der Waals surface area contributed by atoms with Crippen LogP contribution in [0.5, 0.6) is 0 Å². The molecule has 56 valence electrons. The maximum atomic E-state index is 5.52. The van der Waals surface area contributed by atoms with Gasteiger partial charge in [-0.25, -0.2) is 0 Å². The van der Waals surface area contributed by atoms with Gasteiger partial charge in [-0.1, -0.05) is 0 Å². The zero-order valence-electron chi connectivity index (χ0n) is 6.33. The monoisotopic (exact) mass is 140 g/mol. The highest BCUT2D eigenvalue weighted by Crippen LogP contribution is 2.37. The predicted octanol–water partition coefficient (Wildman–Crippen LogP) is 1.47. The lowest BCUT2D eigenvalue weighted by Gasteiger charge is -2.32. The zero-order valence-corrected chi connectivity index (χ0v) is 6.33. The largest absolute Gasteiger partial charge is 0.340 e. The first-order valence-electron chi connectivity index (χ1n) is 3.76. The van der Waals surface area contributed by atoms with Crippen molar-refractivity contribution in [3.8, 4) is 0 Å². The topological polar surface area (TPSA) is 18.5 Å². The van der Waals surface area contributed by atoms with Crippen LogP contribution in [0.4, 0.5) is 0 Å². The van der Waals surface area contributed by atoms with E-state index in [4.69, 9.17) is 9.47 Å². The van der Waals surface area contributed by atoms with Gasteiger partial charge in [0, 0.05) is 0 Å². The fourth-order valence-corrected chi connectivity index (χ4v) is 1.45. The Morgan fingerprint density at radius 1 is 1.20 bits per heavy atom. The lowest BCUT2D eigenvalue weighted by Crippen LogP contribution is -2.37. The maximum absolute atomic E-state index is 5.52. The molecule has 0 aromatic carbocycles. The van der Waals surface area contributed by atoms with E-state index in [-0.39, 0.29) is 5.79 Å². The number of ether oxygens (including phenoxy) is 2. The van der Waals surface area contributed by atoms with Gasteiger partial charge in [-0.2, -0.15) is 0 Å². The summed E-state index contributed by atoms with van der Waals surface area (Å²) in [4.78, 5) is 0. The third-order valence-corrected chi connectivity index (χ3v) is 1.87. The molecule has 0 bridgehead atoms. The molecule has 0 aromatic heterocycles. The minimum Gasteiger partial charge on any atom is -0.340 e. The van der Waals surface area contributed by atoms with Crippen molar-refractivity contribution in [1.29, 1.82) is 0 Å². The molecule has 1 heterocycles. The van der Waals surface area contributed by atoms with Crippen molar-refractivity contribution in [1.82, 2.24) is 0 Å². The molecule has 1 spiro atoms. The van der Waals surface area contributed by atoms with Gasteiger partial charge in [0.25, 0.3) is 0 Å². The Bertz CT molecular complexity index is 156. The quantitative estimate of drug-likeness (QED) is 0.474. The van der Waals surface area contributed by atoms with E-state index in [0.717, 1.165) is 6.42 Å². The van der Waals surface area contributed by atoms with E-state index in [1.807, 2.05) is 12.2 Å². The number of hydrogen-bond donors (Lipinski definition) is 0. The first-order chi connectivity index (χ1) is 4.70. The molecule has 0 radical (unpaired) electrons. The number of rotatable bonds is 0. The highest BCUT2D eigenvalue weighted by Gasteiger charge is 2.43. The molecule has 1 aliphatic heterocycles. The highest BCUT2D eigenvalue weighted by atomic mass is 16.7. The second-order valence-electron chi connectivity index (χ2n) is 3.15. The number of hydrogen-bond acceptors (Lipinski definition) is 2. The van der Waals surface area contributed by atoms with E-state index in [0.29, 0.717) is 12.2 Å². The van der Waals surface area contributed by atoms with Crippen LogP contribution >= 0.6 is 0 Å². The average molecular weight is 140 g/mol. The van der Waals surface area contributed by atoms with Crippen LogP contribution in [-0.2, 0) is 9.47 Å². The lowest BCUT2D eigenvalue weighted by molar-refractivity contribution is -0.239. The van der Waals surface area contributed by atoms with Crippen molar-refractivity contribution < 1.29 is 9.47 Å². The van der Waals surface area contributed by atoms with Crippen molar-refractivity contribution in [2.75, 3.05) is 0 Å². The van der Waals surface area contributed by atoms with Crippen LogP contribution in [0.1, 0.15) is 20.3 Å². The SMILES string of the molecule is CC1CC(C)OC2(C=C2)O1. The summed E-state index contributed by atoms with van der Waals surface area (Å²) in [7, 11) is 0. The molecule has 1 aliphatic carbocycles. The van der Waals surface area contributed by atoms with Gasteiger partial charge in [-0.05, 0) is 32.4 Å². The summed E-state index contributed by atoms with van der Waals surface area (Å²) in [6.45, 7) is 4.17. The average Bonchev–Trinajstić information content (AvgIpc) is 2.44. The highest BCUT2D eigenvalue weighted by molar-refractivity contribution is 5.25. The summed E-state index contributed by atoms with van der Waals surface area (Å²) in [5.74, 6) is -0.378. The molecule has 1 fully saturated rings. The maximum Gasteiger partial charge on any atom is 0.208 e. The van der Waals surface area contributed by atoms with Gasteiger partial charge in [-0.3, -0.25) is 0 Å². The van der Waals surface area contributed by atoms with Crippen LogP contribution in [0, 0.1) is 0 Å². The lowest BCUT2D eigenvalue weighted by atomic mass is 10.2. The fraction of sp³-hybridized carbons (Fsp3) is 0.750. The van der Waals surface area contributed by atoms with Gasteiger partial charge in [0.1, 0.15) is 0 Å². The third kappa shape index (κ3) is 0.976. The molecular formula is C8H12O2. The Balaban J connectivity index is 2.01. The Hall–Kier alpha value is -0.340. The molecule has 2 heteroatoms. The summed E-state index contributed by atoms with van der Waals surface area (Å²) in [6.07, 6.45) is 5.58. The summed E-state index contributed by atoms with van der Waals surface area (Å²) in [5, 5.41) is 0. The predicted molar refractivity (Wildman–Crippen MR) is 37.6 cm³/mol. The van der Waals surface area contributed by atoms with Crippen LogP contribution in [0.2, 0.25) is 0 Å². The van der Waals surface area contributed by atoms with Gasteiger partial charge < -0.3 is 9.47 Å². The van der Waals surface area contributed by atoms with Crippen LogP contribution in [-0.4, -0.2) is 18.0 Å². The molecule has 0 saturated carbocycles. The fourth-order valence-electron chi connectivity index (χ4n) is 1.45. The van der Waals surface area contributed by atoms with E-state index in [9.17, 15) is 0 Å². The minimum atomic E-state index is -0.378. The second-order valence-corrected chi connectivity index (χ2v) is 3.15. The van der Waals surface area contributed by atoms with Crippen LogP contribution in [0.15, 0.2) is 12.2 Å². The first-order valence-corrected chi connectivity index (χ1v) is 3.76. The van der Waals surface area contributed by atoms with Crippen molar-refractivity contribution in [3.05, 3.63) is 12.2 Å². The molecule has 0 aromatic rings. The second kappa shape index (κ2) is 1.83. The smallest absolute Gasteiger partial charge is 0.208 e. The molecule has 2 rings (SSSR count). The van der Waals surface area contributed by atoms with Gasteiger partial charge in [0.05, 0.1) is 12.2 Å². The van der Waals surface area contributed by atoms with Crippen LogP contribution in [0.25, 0.3) is 0 Å². The Kier molecular flexibility index (Phi) is 1.17. The molecule has 10 heavy (non-hydrogen) atoms. The molecule has 2 aliphatic rings. The first kappa shape index (κ1) is 6.38. The Morgan fingerprint density at radius 3 is 2.10 bits per heavy atom. The van der Waals surface area contributed by atoms with Gasteiger partial charge in [0.2, 0.25) is 5.79 Å². The zero-order chi connectivity index (χ0) is 7.19. The van der Waals surface area contributed by atoms with E-state index in [2.05, 4.69) is 13.8 Å².